The minimum Gasteiger partial charge on any atom is -0.309 e. The van der Waals surface area contributed by atoms with E-state index in [4.69, 9.17) is 0 Å². The van der Waals surface area contributed by atoms with E-state index >= 15 is 0 Å². The second-order valence-corrected chi connectivity index (χ2v) is 9.00. The summed E-state index contributed by atoms with van der Waals surface area (Å²) in [5, 5.41) is 3.58. The Morgan fingerprint density at radius 3 is 2.65 bits per heavy atom. The van der Waals surface area contributed by atoms with Crippen molar-refractivity contribution >= 4 is 9.84 Å². The molecule has 1 saturated carbocycles. The number of nitrogens with zero attached hydrogens (tertiary/aromatic N) is 1. The Kier molecular flexibility index (Phi) is 5.39. The van der Waals surface area contributed by atoms with Gasteiger partial charge in [-0.3, -0.25) is 0 Å². The zero-order chi connectivity index (χ0) is 16.3. The van der Waals surface area contributed by atoms with Crippen molar-refractivity contribution in [3.63, 3.8) is 0 Å². The minimum absolute atomic E-state index is 0.162. The Balaban J connectivity index is 1.57. The second-order valence-electron chi connectivity index (χ2n) is 6.92. The molecule has 1 aromatic carbocycles. The maximum Gasteiger partial charge on any atom is 0.178 e. The third-order valence-electron chi connectivity index (χ3n) is 5.36. The standard InChI is InChI=1S/C18H28N2O2S/c1-20(15-7-3-2-4-8-15)13-12-19-17-11-14-23(21,22)18-10-6-5-9-16(17)18/h5-6,9-10,15,17,19H,2-4,7-8,11-14H2,1H3/t17-/m0/s1. The van der Waals surface area contributed by atoms with Crippen LogP contribution in [0.25, 0.3) is 0 Å². The summed E-state index contributed by atoms with van der Waals surface area (Å²) in [6, 6.07) is 8.33. The van der Waals surface area contributed by atoms with Crippen LogP contribution < -0.4 is 5.32 Å². The van der Waals surface area contributed by atoms with Crippen LogP contribution in [0.2, 0.25) is 0 Å². The summed E-state index contributed by atoms with van der Waals surface area (Å²) in [7, 11) is -0.865. The van der Waals surface area contributed by atoms with Crippen molar-refractivity contribution in [2.45, 2.75) is 55.5 Å². The quantitative estimate of drug-likeness (QED) is 0.898. The fourth-order valence-electron chi connectivity index (χ4n) is 3.92. The lowest BCUT2D eigenvalue weighted by molar-refractivity contribution is 0.190. The zero-order valence-corrected chi connectivity index (χ0v) is 14.8. The first kappa shape index (κ1) is 16.9. The van der Waals surface area contributed by atoms with Gasteiger partial charge in [0.2, 0.25) is 0 Å². The molecule has 1 fully saturated rings. The van der Waals surface area contributed by atoms with Gasteiger partial charge >= 0.3 is 0 Å². The topological polar surface area (TPSA) is 49.4 Å². The van der Waals surface area contributed by atoms with Gasteiger partial charge in [-0.25, -0.2) is 8.42 Å². The van der Waals surface area contributed by atoms with Crippen molar-refractivity contribution in [2.24, 2.45) is 0 Å². The van der Waals surface area contributed by atoms with Gasteiger partial charge in [0.15, 0.2) is 9.84 Å². The van der Waals surface area contributed by atoms with Gasteiger partial charge in [-0.2, -0.15) is 0 Å². The fraction of sp³-hybridized carbons (Fsp3) is 0.667. The van der Waals surface area contributed by atoms with Crippen molar-refractivity contribution in [3.05, 3.63) is 29.8 Å². The molecule has 1 aliphatic carbocycles. The summed E-state index contributed by atoms with van der Waals surface area (Å²) < 4.78 is 24.3. The lowest BCUT2D eigenvalue weighted by Crippen LogP contribution is -2.39. The number of hydrogen-bond donors (Lipinski definition) is 1. The highest BCUT2D eigenvalue weighted by molar-refractivity contribution is 7.91. The Labute approximate surface area is 140 Å². The number of nitrogens with one attached hydrogen (secondary N) is 1. The molecule has 2 aliphatic rings. The van der Waals surface area contributed by atoms with Gasteiger partial charge in [-0.1, -0.05) is 37.5 Å². The van der Waals surface area contributed by atoms with Gasteiger partial charge in [-0.15, -0.1) is 0 Å². The first-order chi connectivity index (χ1) is 11.1. The molecular formula is C18H28N2O2S. The van der Waals surface area contributed by atoms with E-state index in [0.29, 0.717) is 11.3 Å². The first-order valence-corrected chi connectivity index (χ1v) is 10.5. The van der Waals surface area contributed by atoms with Gasteiger partial charge in [0.25, 0.3) is 0 Å². The van der Waals surface area contributed by atoms with E-state index in [-0.39, 0.29) is 11.8 Å². The molecule has 1 aliphatic heterocycles. The molecule has 0 radical (unpaired) electrons. The predicted octanol–water partition coefficient (Wildman–Crippen LogP) is 2.76. The smallest absolute Gasteiger partial charge is 0.178 e. The average molecular weight is 337 g/mol. The molecule has 23 heavy (non-hydrogen) atoms. The van der Waals surface area contributed by atoms with Crippen LogP contribution in [0.5, 0.6) is 0 Å². The number of hydrogen-bond acceptors (Lipinski definition) is 4. The highest BCUT2D eigenvalue weighted by atomic mass is 32.2. The van der Waals surface area contributed by atoms with E-state index in [1.54, 1.807) is 6.07 Å². The first-order valence-electron chi connectivity index (χ1n) is 8.83. The van der Waals surface area contributed by atoms with Crippen molar-refractivity contribution in [2.75, 3.05) is 25.9 Å². The van der Waals surface area contributed by atoms with Crippen LogP contribution in [0.4, 0.5) is 0 Å². The molecule has 0 unspecified atom stereocenters. The summed E-state index contributed by atoms with van der Waals surface area (Å²) in [5.74, 6) is 0.250. The third kappa shape index (κ3) is 3.95. The normalized spacial score (nSPS) is 24.5. The molecule has 128 valence electrons. The molecule has 3 rings (SSSR count). The molecule has 4 nitrogen and oxygen atoms in total. The van der Waals surface area contributed by atoms with Crippen LogP contribution in [-0.2, 0) is 9.84 Å². The van der Waals surface area contributed by atoms with Crippen LogP contribution in [0, 0.1) is 0 Å². The van der Waals surface area contributed by atoms with E-state index in [2.05, 4.69) is 17.3 Å². The van der Waals surface area contributed by atoms with Crippen molar-refractivity contribution in [1.29, 1.82) is 0 Å². The predicted molar refractivity (Wildman–Crippen MR) is 93.4 cm³/mol. The molecule has 1 N–H and O–H groups in total. The summed E-state index contributed by atoms with van der Waals surface area (Å²) in [6.45, 7) is 1.93. The Bertz CT molecular complexity index is 624. The van der Waals surface area contributed by atoms with Gasteiger partial charge < -0.3 is 10.2 Å². The molecule has 0 amide bonds. The van der Waals surface area contributed by atoms with E-state index in [1.165, 1.54) is 32.1 Å². The number of likely N-dealkylation sites (N-methyl/N-ethyl adjacent to an activating group) is 1. The number of rotatable bonds is 5. The maximum absolute atomic E-state index is 12.2. The van der Waals surface area contributed by atoms with Crippen molar-refractivity contribution in [3.8, 4) is 0 Å². The van der Waals surface area contributed by atoms with Gasteiger partial charge in [-0.05, 0) is 37.9 Å². The Hall–Kier alpha value is -0.910. The van der Waals surface area contributed by atoms with Gasteiger partial charge in [0.1, 0.15) is 0 Å². The lowest BCUT2D eigenvalue weighted by atomic mass is 9.94. The minimum atomic E-state index is -3.08. The SMILES string of the molecule is CN(CCN[C@H]1CCS(=O)(=O)c2ccccc21)C1CCCCC1. The highest BCUT2D eigenvalue weighted by Gasteiger charge is 2.29. The molecular weight excluding hydrogens is 308 g/mol. The van der Waals surface area contributed by atoms with E-state index < -0.39 is 9.84 Å². The molecule has 1 heterocycles. The summed E-state index contributed by atoms with van der Waals surface area (Å²) in [5.41, 5.74) is 0.944. The number of fused-ring (bicyclic) bond motifs is 1. The van der Waals surface area contributed by atoms with Crippen LogP contribution in [-0.4, -0.2) is 45.2 Å². The van der Waals surface area contributed by atoms with Crippen molar-refractivity contribution in [1.82, 2.24) is 10.2 Å². The van der Waals surface area contributed by atoms with Crippen LogP contribution in [0.1, 0.15) is 50.1 Å². The summed E-state index contributed by atoms with van der Waals surface area (Å²) in [6.07, 6.45) is 7.41. The fourth-order valence-corrected chi connectivity index (χ4v) is 5.54. The number of benzene rings is 1. The maximum atomic E-state index is 12.2. The summed E-state index contributed by atoms with van der Waals surface area (Å²) in [4.78, 5) is 2.99. The average Bonchev–Trinajstić information content (AvgIpc) is 2.58. The molecule has 0 spiro atoms. The largest absolute Gasteiger partial charge is 0.309 e. The molecule has 0 saturated heterocycles. The van der Waals surface area contributed by atoms with Crippen molar-refractivity contribution < 1.29 is 8.42 Å². The van der Waals surface area contributed by atoms with Crippen LogP contribution >= 0.6 is 0 Å². The van der Waals surface area contributed by atoms with Crippen LogP contribution in [0.15, 0.2) is 29.2 Å². The Morgan fingerprint density at radius 1 is 1.13 bits per heavy atom. The van der Waals surface area contributed by atoms with Gasteiger partial charge in [0, 0.05) is 25.2 Å². The Morgan fingerprint density at radius 2 is 1.87 bits per heavy atom. The zero-order valence-electron chi connectivity index (χ0n) is 14.0. The van der Waals surface area contributed by atoms with Crippen LogP contribution in [0.3, 0.4) is 0 Å². The lowest BCUT2D eigenvalue weighted by Gasteiger charge is -2.32. The van der Waals surface area contributed by atoms with E-state index in [9.17, 15) is 8.42 Å². The third-order valence-corrected chi connectivity index (χ3v) is 7.17. The second kappa shape index (κ2) is 7.32. The molecule has 0 aromatic heterocycles. The monoisotopic (exact) mass is 336 g/mol. The van der Waals surface area contributed by atoms with E-state index in [0.717, 1.165) is 24.7 Å². The number of sulfone groups is 1. The molecule has 5 heteroatoms. The summed E-state index contributed by atoms with van der Waals surface area (Å²) >= 11 is 0. The van der Waals surface area contributed by atoms with E-state index in [1.807, 2.05) is 18.2 Å². The van der Waals surface area contributed by atoms with Gasteiger partial charge in [0.05, 0.1) is 10.6 Å². The highest BCUT2D eigenvalue weighted by Crippen LogP contribution is 2.31. The molecule has 0 bridgehead atoms. The molecule has 1 aromatic rings. The molecule has 1 atom stereocenters.